The molecule has 1 atom stereocenters. The number of benzene rings is 1. The molecule has 4 heteroatoms. The highest BCUT2D eigenvalue weighted by molar-refractivity contribution is 5.80. The Morgan fingerprint density at radius 2 is 2.23 bits per heavy atom. The fourth-order valence-corrected chi connectivity index (χ4v) is 2.61. The van der Waals surface area contributed by atoms with Gasteiger partial charge < -0.3 is 14.8 Å². The molecule has 0 bridgehead atoms. The molecule has 1 amide bonds. The van der Waals surface area contributed by atoms with E-state index in [0.29, 0.717) is 13.2 Å². The molecule has 0 spiro atoms. The van der Waals surface area contributed by atoms with Crippen molar-refractivity contribution in [2.24, 2.45) is 0 Å². The molecule has 0 aromatic heterocycles. The predicted molar refractivity (Wildman–Crippen MR) is 87.1 cm³/mol. The number of hydrogen-bond acceptors (Lipinski definition) is 3. The van der Waals surface area contributed by atoms with Gasteiger partial charge in [-0.1, -0.05) is 25.1 Å². The summed E-state index contributed by atoms with van der Waals surface area (Å²) < 4.78 is 11.2. The van der Waals surface area contributed by atoms with Gasteiger partial charge in [-0.3, -0.25) is 4.79 Å². The van der Waals surface area contributed by atoms with Gasteiger partial charge in [0.1, 0.15) is 11.9 Å². The quantitative estimate of drug-likeness (QED) is 0.751. The molecule has 1 aromatic carbocycles. The maximum atomic E-state index is 12.0. The molecule has 2 rings (SSSR count). The lowest BCUT2D eigenvalue weighted by atomic mass is 10.1. The zero-order valence-corrected chi connectivity index (χ0v) is 13.5. The van der Waals surface area contributed by atoms with Crippen molar-refractivity contribution in [3.63, 3.8) is 0 Å². The van der Waals surface area contributed by atoms with Crippen molar-refractivity contribution >= 4 is 5.91 Å². The van der Waals surface area contributed by atoms with E-state index in [9.17, 15) is 4.79 Å². The van der Waals surface area contributed by atoms with Gasteiger partial charge in [0.25, 0.3) is 0 Å². The van der Waals surface area contributed by atoms with Crippen molar-refractivity contribution in [3.8, 4) is 5.75 Å². The number of amides is 1. The number of aryl methyl sites for hydroxylation is 1. The molecule has 1 unspecified atom stereocenters. The van der Waals surface area contributed by atoms with Crippen molar-refractivity contribution in [2.75, 3.05) is 19.8 Å². The molecule has 1 aromatic rings. The van der Waals surface area contributed by atoms with E-state index in [1.54, 1.807) is 0 Å². The van der Waals surface area contributed by atoms with E-state index in [1.807, 2.05) is 18.2 Å². The number of nitrogens with one attached hydrogen (secondary N) is 1. The molecule has 22 heavy (non-hydrogen) atoms. The van der Waals surface area contributed by atoms with Crippen LogP contribution in [0.1, 0.15) is 44.6 Å². The van der Waals surface area contributed by atoms with E-state index in [1.165, 1.54) is 5.56 Å². The molecule has 0 aliphatic carbocycles. The molecule has 122 valence electrons. The molecule has 0 saturated carbocycles. The average molecular weight is 305 g/mol. The summed E-state index contributed by atoms with van der Waals surface area (Å²) in [6, 6.07) is 8.13. The van der Waals surface area contributed by atoms with Crippen LogP contribution in [0.25, 0.3) is 0 Å². The summed E-state index contributed by atoms with van der Waals surface area (Å²) in [6.45, 7) is 4.24. The van der Waals surface area contributed by atoms with Crippen LogP contribution in [0.15, 0.2) is 24.3 Å². The van der Waals surface area contributed by atoms with Gasteiger partial charge in [-0.25, -0.2) is 0 Å². The standard InChI is InChI=1S/C18H27NO3/c1-2-13-21-16-10-4-3-8-15(16)9-7-12-19-18(20)17-11-5-6-14-22-17/h3-4,8,10,17H,2,5-7,9,11-14H2,1H3,(H,19,20). The lowest BCUT2D eigenvalue weighted by molar-refractivity contribution is -0.135. The summed E-state index contributed by atoms with van der Waals surface area (Å²) in [6.07, 6.45) is 5.58. The highest BCUT2D eigenvalue weighted by atomic mass is 16.5. The summed E-state index contributed by atoms with van der Waals surface area (Å²) in [7, 11) is 0. The molecule has 1 aliphatic rings. The lowest BCUT2D eigenvalue weighted by Crippen LogP contribution is -2.38. The molecule has 4 nitrogen and oxygen atoms in total. The van der Waals surface area contributed by atoms with Crippen molar-refractivity contribution in [3.05, 3.63) is 29.8 Å². The number of rotatable bonds is 8. The van der Waals surface area contributed by atoms with E-state index < -0.39 is 0 Å². The summed E-state index contributed by atoms with van der Waals surface area (Å²) in [4.78, 5) is 12.0. The number of hydrogen-bond donors (Lipinski definition) is 1. The van der Waals surface area contributed by atoms with Gasteiger partial charge in [0.2, 0.25) is 5.91 Å². The van der Waals surface area contributed by atoms with Crippen LogP contribution in [0, 0.1) is 0 Å². The first-order valence-corrected chi connectivity index (χ1v) is 8.41. The van der Waals surface area contributed by atoms with Crippen molar-refractivity contribution < 1.29 is 14.3 Å². The van der Waals surface area contributed by atoms with Crippen LogP contribution in [0.3, 0.4) is 0 Å². The Hall–Kier alpha value is -1.55. The number of para-hydroxylation sites is 1. The minimum Gasteiger partial charge on any atom is -0.493 e. The molecule has 1 fully saturated rings. The number of ether oxygens (including phenoxy) is 2. The first kappa shape index (κ1) is 16.8. The van der Waals surface area contributed by atoms with Crippen LogP contribution in [0.2, 0.25) is 0 Å². The van der Waals surface area contributed by atoms with Crippen LogP contribution in [-0.2, 0) is 16.0 Å². The third-order valence-electron chi connectivity index (χ3n) is 3.83. The van der Waals surface area contributed by atoms with E-state index in [0.717, 1.165) is 50.9 Å². The van der Waals surface area contributed by atoms with Gasteiger partial charge >= 0.3 is 0 Å². The van der Waals surface area contributed by atoms with Gasteiger partial charge in [-0.2, -0.15) is 0 Å². The summed E-state index contributed by atoms with van der Waals surface area (Å²) in [5.74, 6) is 1.00. The second-order valence-corrected chi connectivity index (χ2v) is 5.71. The Balaban J connectivity index is 1.71. The van der Waals surface area contributed by atoms with Gasteiger partial charge in [0.05, 0.1) is 6.61 Å². The predicted octanol–water partition coefficient (Wildman–Crippen LogP) is 3.09. The first-order chi connectivity index (χ1) is 10.8. The maximum Gasteiger partial charge on any atom is 0.249 e. The van der Waals surface area contributed by atoms with E-state index >= 15 is 0 Å². The highest BCUT2D eigenvalue weighted by Gasteiger charge is 2.21. The van der Waals surface area contributed by atoms with Gasteiger partial charge in [0, 0.05) is 13.2 Å². The second-order valence-electron chi connectivity index (χ2n) is 5.71. The van der Waals surface area contributed by atoms with Crippen molar-refractivity contribution in [1.29, 1.82) is 0 Å². The zero-order chi connectivity index (χ0) is 15.6. The minimum atomic E-state index is -0.242. The molecule has 0 radical (unpaired) electrons. The van der Waals surface area contributed by atoms with Crippen molar-refractivity contribution in [2.45, 2.75) is 51.6 Å². The Morgan fingerprint density at radius 1 is 1.36 bits per heavy atom. The maximum absolute atomic E-state index is 12.0. The SMILES string of the molecule is CCCOc1ccccc1CCCNC(=O)C1CCCCO1. The Labute approximate surface area is 133 Å². The zero-order valence-electron chi connectivity index (χ0n) is 13.5. The molecule has 1 aliphatic heterocycles. The largest absolute Gasteiger partial charge is 0.493 e. The van der Waals surface area contributed by atoms with Crippen LogP contribution in [0.5, 0.6) is 5.75 Å². The van der Waals surface area contributed by atoms with Gasteiger partial charge in [0.15, 0.2) is 0 Å². The van der Waals surface area contributed by atoms with Crippen LogP contribution in [0.4, 0.5) is 0 Å². The Morgan fingerprint density at radius 3 is 3.00 bits per heavy atom. The van der Waals surface area contributed by atoms with E-state index in [-0.39, 0.29) is 12.0 Å². The topological polar surface area (TPSA) is 47.6 Å². The third kappa shape index (κ3) is 5.34. The lowest BCUT2D eigenvalue weighted by Gasteiger charge is -2.21. The normalized spacial score (nSPS) is 18.0. The van der Waals surface area contributed by atoms with Crippen molar-refractivity contribution in [1.82, 2.24) is 5.32 Å². The highest BCUT2D eigenvalue weighted by Crippen LogP contribution is 2.19. The monoisotopic (exact) mass is 305 g/mol. The summed E-state index contributed by atoms with van der Waals surface area (Å²) >= 11 is 0. The Kier molecular flexibility index (Phi) is 7.23. The fourth-order valence-electron chi connectivity index (χ4n) is 2.61. The average Bonchev–Trinajstić information content (AvgIpc) is 2.58. The molecule has 1 N–H and O–H groups in total. The molecule has 1 saturated heterocycles. The smallest absolute Gasteiger partial charge is 0.249 e. The summed E-state index contributed by atoms with van der Waals surface area (Å²) in [5.41, 5.74) is 1.21. The summed E-state index contributed by atoms with van der Waals surface area (Å²) in [5, 5.41) is 2.98. The molecular formula is C18H27NO3. The second kappa shape index (κ2) is 9.46. The van der Waals surface area contributed by atoms with Crippen LogP contribution >= 0.6 is 0 Å². The van der Waals surface area contributed by atoms with Gasteiger partial charge in [-0.15, -0.1) is 0 Å². The number of carbonyl (C=O) groups is 1. The minimum absolute atomic E-state index is 0.0372. The molecule has 1 heterocycles. The van der Waals surface area contributed by atoms with E-state index in [2.05, 4.69) is 18.3 Å². The molecular weight excluding hydrogens is 278 g/mol. The van der Waals surface area contributed by atoms with E-state index in [4.69, 9.17) is 9.47 Å². The Bertz CT molecular complexity index is 455. The third-order valence-corrected chi connectivity index (χ3v) is 3.83. The van der Waals surface area contributed by atoms with Crippen LogP contribution < -0.4 is 10.1 Å². The number of carbonyl (C=O) groups excluding carboxylic acids is 1. The van der Waals surface area contributed by atoms with Gasteiger partial charge in [-0.05, 0) is 50.2 Å². The fraction of sp³-hybridized carbons (Fsp3) is 0.611. The first-order valence-electron chi connectivity index (χ1n) is 8.41. The van der Waals surface area contributed by atoms with Crippen LogP contribution in [-0.4, -0.2) is 31.8 Å².